The van der Waals surface area contributed by atoms with Gasteiger partial charge in [0, 0.05) is 18.0 Å². The van der Waals surface area contributed by atoms with Crippen molar-refractivity contribution >= 4 is 17.0 Å². The summed E-state index contributed by atoms with van der Waals surface area (Å²) in [6, 6.07) is 11.4. The maximum atomic E-state index is 13.0. The molecule has 4 aromatic rings. The Morgan fingerprint density at radius 2 is 1.90 bits per heavy atom. The molecule has 4 rings (SSSR count). The van der Waals surface area contributed by atoms with Crippen LogP contribution < -0.4 is 0 Å². The number of aryl methyl sites for hydroxylation is 2. The van der Waals surface area contributed by atoms with E-state index < -0.39 is 5.97 Å². The van der Waals surface area contributed by atoms with E-state index in [1.807, 2.05) is 58.0 Å². The Morgan fingerprint density at radius 3 is 2.57 bits per heavy atom. The molecule has 8 nitrogen and oxygen atoms in total. The Hall–Kier alpha value is -3.55. The molecule has 0 N–H and O–H groups in total. The largest absolute Gasteiger partial charge is 0.452 e. The number of benzene rings is 1. The third-order valence-electron chi connectivity index (χ3n) is 4.72. The molecule has 0 unspecified atom stereocenters. The average molecular weight is 405 g/mol. The maximum absolute atomic E-state index is 13.0. The van der Waals surface area contributed by atoms with E-state index in [0.717, 1.165) is 5.56 Å². The van der Waals surface area contributed by atoms with Gasteiger partial charge in [-0.15, -0.1) is 0 Å². The molecule has 30 heavy (non-hydrogen) atoms. The molecule has 0 bridgehead atoms. The van der Waals surface area contributed by atoms with Gasteiger partial charge in [-0.3, -0.25) is 4.68 Å². The van der Waals surface area contributed by atoms with E-state index in [0.29, 0.717) is 33.8 Å². The van der Waals surface area contributed by atoms with Gasteiger partial charge in [0.25, 0.3) is 5.89 Å². The molecule has 3 aromatic heterocycles. The monoisotopic (exact) mass is 405 g/mol. The Labute approximate surface area is 173 Å². The molecule has 0 aliphatic heterocycles. The molecule has 0 amide bonds. The molecule has 1 aromatic carbocycles. The van der Waals surface area contributed by atoms with Crippen LogP contribution in [0.25, 0.3) is 22.3 Å². The smallest absolute Gasteiger partial charge is 0.339 e. The predicted octanol–water partition coefficient (Wildman–Crippen LogP) is 3.98. The van der Waals surface area contributed by atoms with E-state index in [9.17, 15) is 4.79 Å². The number of carbonyl (C=O) groups is 1. The zero-order chi connectivity index (χ0) is 21.5. The van der Waals surface area contributed by atoms with Crippen molar-refractivity contribution in [2.24, 2.45) is 7.05 Å². The minimum absolute atomic E-state index is 0.105. The molecule has 154 valence electrons. The number of hydrogen-bond donors (Lipinski definition) is 0. The lowest BCUT2D eigenvalue weighted by atomic mass is 9.96. The van der Waals surface area contributed by atoms with Gasteiger partial charge in [-0.25, -0.2) is 9.78 Å². The zero-order valence-electron chi connectivity index (χ0n) is 17.6. The van der Waals surface area contributed by atoms with Crippen molar-refractivity contribution in [1.29, 1.82) is 0 Å². The molecular weight excluding hydrogens is 382 g/mol. The first-order valence-corrected chi connectivity index (χ1v) is 9.64. The second-order valence-corrected chi connectivity index (χ2v) is 8.17. The van der Waals surface area contributed by atoms with Crippen molar-refractivity contribution in [1.82, 2.24) is 24.9 Å². The Bertz CT molecular complexity index is 1220. The summed E-state index contributed by atoms with van der Waals surface area (Å²) in [6.07, 6.45) is 0. The summed E-state index contributed by atoms with van der Waals surface area (Å²) >= 11 is 0. The van der Waals surface area contributed by atoms with Gasteiger partial charge in [0.1, 0.15) is 0 Å². The first kappa shape index (κ1) is 19.8. The number of ether oxygens (including phenoxy) is 1. The van der Waals surface area contributed by atoms with E-state index >= 15 is 0 Å². The van der Waals surface area contributed by atoms with Crippen LogP contribution in [0.3, 0.4) is 0 Å². The molecule has 3 heterocycles. The van der Waals surface area contributed by atoms with Crippen molar-refractivity contribution in [3.8, 4) is 11.3 Å². The van der Waals surface area contributed by atoms with Crippen LogP contribution in [0.15, 0.2) is 40.9 Å². The van der Waals surface area contributed by atoms with Crippen LogP contribution in [0.5, 0.6) is 0 Å². The quantitative estimate of drug-likeness (QED) is 0.474. The highest BCUT2D eigenvalue weighted by Crippen LogP contribution is 2.27. The van der Waals surface area contributed by atoms with Crippen LogP contribution in [0.2, 0.25) is 0 Å². The summed E-state index contributed by atoms with van der Waals surface area (Å²) in [4.78, 5) is 22.0. The maximum Gasteiger partial charge on any atom is 0.339 e. The first-order chi connectivity index (χ1) is 14.2. The fourth-order valence-electron chi connectivity index (χ4n) is 3.19. The van der Waals surface area contributed by atoms with Crippen LogP contribution in [-0.4, -0.2) is 30.9 Å². The summed E-state index contributed by atoms with van der Waals surface area (Å²) in [5, 5.41) is 9.05. The average Bonchev–Trinajstić information content (AvgIpc) is 3.31. The number of hydrogen-bond acceptors (Lipinski definition) is 7. The van der Waals surface area contributed by atoms with Gasteiger partial charge in [-0.1, -0.05) is 56.3 Å². The van der Waals surface area contributed by atoms with E-state index in [4.69, 9.17) is 14.2 Å². The fourth-order valence-corrected chi connectivity index (χ4v) is 3.19. The lowest BCUT2D eigenvalue weighted by molar-refractivity contribution is 0.0432. The van der Waals surface area contributed by atoms with Gasteiger partial charge in [-0.2, -0.15) is 10.1 Å². The number of rotatable bonds is 4. The van der Waals surface area contributed by atoms with Gasteiger partial charge in [-0.05, 0) is 13.0 Å². The van der Waals surface area contributed by atoms with E-state index in [1.165, 1.54) is 0 Å². The molecule has 0 saturated heterocycles. The summed E-state index contributed by atoms with van der Waals surface area (Å²) in [7, 11) is 1.80. The lowest BCUT2D eigenvalue weighted by Gasteiger charge is -2.10. The van der Waals surface area contributed by atoms with Gasteiger partial charge in [0.15, 0.2) is 18.1 Å². The molecule has 0 radical (unpaired) electrons. The highest BCUT2D eigenvalue weighted by atomic mass is 16.6. The molecular formula is C22H23N5O3. The van der Waals surface area contributed by atoms with Crippen molar-refractivity contribution in [3.05, 3.63) is 59.4 Å². The van der Waals surface area contributed by atoms with E-state index in [-0.39, 0.29) is 17.9 Å². The Kier molecular flexibility index (Phi) is 4.85. The molecule has 0 aliphatic rings. The lowest BCUT2D eigenvalue weighted by Crippen LogP contribution is -2.13. The Morgan fingerprint density at radius 1 is 1.17 bits per heavy atom. The standard InChI is InChI=1S/C22H23N5O3/c1-13-18-15(20(28)29-12-17-24-21(26-30-17)22(2,3)4)11-16(14-9-7-6-8-10-14)23-19(18)27(5)25-13/h6-11H,12H2,1-5H3. The van der Waals surface area contributed by atoms with Crippen molar-refractivity contribution < 1.29 is 14.1 Å². The number of pyridine rings is 1. The zero-order valence-corrected chi connectivity index (χ0v) is 17.6. The summed E-state index contributed by atoms with van der Waals surface area (Å²) in [5.74, 6) is 0.324. The highest BCUT2D eigenvalue weighted by molar-refractivity contribution is 6.04. The second kappa shape index (κ2) is 7.37. The molecule has 0 fully saturated rings. The van der Waals surface area contributed by atoms with Gasteiger partial charge >= 0.3 is 5.97 Å². The molecule has 0 atom stereocenters. The predicted molar refractivity (Wildman–Crippen MR) is 111 cm³/mol. The van der Waals surface area contributed by atoms with Gasteiger partial charge < -0.3 is 9.26 Å². The van der Waals surface area contributed by atoms with Crippen LogP contribution in [0, 0.1) is 6.92 Å². The Balaban J connectivity index is 1.68. The molecule has 0 aliphatic carbocycles. The summed E-state index contributed by atoms with van der Waals surface area (Å²) < 4.78 is 12.4. The number of nitrogens with zero attached hydrogens (tertiary/aromatic N) is 5. The molecule has 0 spiro atoms. The number of fused-ring (bicyclic) bond motifs is 1. The van der Waals surface area contributed by atoms with Crippen LogP contribution in [0.4, 0.5) is 0 Å². The number of carbonyl (C=O) groups excluding carboxylic acids is 1. The third-order valence-corrected chi connectivity index (χ3v) is 4.72. The summed E-state index contributed by atoms with van der Waals surface area (Å²) in [5.41, 5.74) is 3.05. The first-order valence-electron chi connectivity index (χ1n) is 9.64. The molecule has 0 saturated carbocycles. The van der Waals surface area contributed by atoms with Crippen molar-refractivity contribution in [2.45, 2.75) is 39.7 Å². The van der Waals surface area contributed by atoms with Crippen LogP contribution in [0.1, 0.15) is 48.5 Å². The van der Waals surface area contributed by atoms with E-state index in [1.54, 1.807) is 17.8 Å². The van der Waals surface area contributed by atoms with Gasteiger partial charge in [0.2, 0.25) is 0 Å². The minimum Gasteiger partial charge on any atom is -0.452 e. The summed E-state index contributed by atoms with van der Waals surface area (Å²) in [6.45, 7) is 7.69. The number of esters is 1. The van der Waals surface area contributed by atoms with Gasteiger partial charge in [0.05, 0.1) is 22.3 Å². The van der Waals surface area contributed by atoms with Crippen LogP contribution in [-0.2, 0) is 23.8 Å². The highest BCUT2D eigenvalue weighted by Gasteiger charge is 2.23. The van der Waals surface area contributed by atoms with Crippen molar-refractivity contribution in [3.63, 3.8) is 0 Å². The van der Waals surface area contributed by atoms with E-state index in [2.05, 4.69) is 15.2 Å². The topological polar surface area (TPSA) is 95.9 Å². The normalized spacial score (nSPS) is 11.8. The second-order valence-electron chi connectivity index (χ2n) is 8.17. The SMILES string of the molecule is Cc1nn(C)c2nc(-c3ccccc3)cc(C(=O)OCc3nc(C(C)(C)C)no3)c12. The molecule has 8 heteroatoms. The fraction of sp³-hybridized carbons (Fsp3) is 0.318. The number of aromatic nitrogens is 5. The minimum atomic E-state index is -0.494. The van der Waals surface area contributed by atoms with Crippen molar-refractivity contribution in [2.75, 3.05) is 0 Å². The third kappa shape index (κ3) is 3.68. The van der Waals surface area contributed by atoms with Crippen LogP contribution >= 0.6 is 0 Å².